The van der Waals surface area contributed by atoms with Gasteiger partial charge in [0, 0.05) is 4.83 Å². The zero-order chi connectivity index (χ0) is 20.0. The van der Waals surface area contributed by atoms with Gasteiger partial charge >= 0.3 is 0 Å². The molecular weight excluding hydrogens is 492 g/mol. The van der Waals surface area contributed by atoms with Crippen molar-refractivity contribution in [3.05, 3.63) is 22.7 Å². The average molecular weight is 525 g/mol. The second-order valence-corrected chi connectivity index (χ2v) is 16.3. The molecule has 0 aromatic rings. The first-order chi connectivity index (χ1) is 12.0. The van der Waals surface area contributed by atoms with Crippen LogP contribution in [0.4, 0.5) is 0 Å². The predicted molar refractivity (Wildman–Crippen MR) is 126 cm³/mol. The van der Waals surface area contributed by atoms with Gasteiger partial charge in [0.05, 0.1) is 17.6 Å². The Morgan fingerprint density at radius 3 is 2.50 bits per heavy atom. The molecule has 1 heterocycles. The molecular formula is C21H33Br2ClOSi. The van der Waals surface area contributed by atoms with Gasteiger partial charge in [-0.15, -0.1) is 17.1 Å². The first-order valence-electron chi connectivity index (χ1n) is 9.43. The SMILES string of the molecule is CC/C(Br)=C/C[C@H]1O[C@@H](C/C=C/C#C[Si](C)(C)C(C)(C)C)[C@@H](Cl)C[C@H]1Br. The highest BCUT2D eigenvalue weighted by Crippen LogP contribution is 2.35. The summed E-state index contributed by atoms with van der Waals surface area (Å²) in [4.78, 5) is 0.303. The summed E-state index contributed by atoms with van der Waals surface area (Å²) in [5, 5.41) is 0.326. The van der Waals surface area contributed by atoms with Crippen molar-refractivity contribution in [2.45, 2.75) is 93.9 Å². The number of ether oxygens (including phenoxy) is 1. The maximum absolute atomic E-state index is 6.54. The lowest BCUT2D eigenvalue weighted by Gasteiger charge is -2.36. The molecule has 0 bridgehead atoms. The van der Waals surface area contributed by atoms with Crippen LogP contribution < -0.4 is 0 Å². The third-order valence-corrected chi connectivity index (χ3v) is 12.2. The van der Waals surface area contributed by atoms with Crippen molar-refractivity contribution in [2.24, 2.45) is 0 Å². The Bertz CT molecular complexity index is 569. The van der Waals surface area contributed by atoms with Crippen LogP contribution in [0.5, 0.6) is 0 Å². The molecule has 0 radical (unpaired) electrons. The monoisotopic (exact) mass is 522 g/mol. The van der Waals surface area contributed by atoms with E-state index in [-0.39, 0.29) is 17.6 Å². The van der Waals surface area contributed by atoms with Crippen LogP contribution in [0.1, 0.15) is 53.4 Å². The molecule has 0 spiro atoms. The highest BCUT2D eigenvalue weighted by molar-refractivity contribution is 9.11. The van der Waals surface area contributed by atoms with Crippen molar-refractivity contribution >= 4 is 51.5 Å². The Labute approximate surface area is 183 Å². The molecule has 26 heavy (non-hydrogen) atoms. The van der Waals surface area contributed by atoms with E-state index in [9.17, 15) is 0 Å². The fraction of sp³-hybridized carbons (Fsp3) is 0.714. The summed E-state index contributed by atoms with van der Waals surface area (Å²) >= 11 is 13.9. The van der Waals surface area contributed by atoms with E-state index in [2.05, 4.69) is 96.3 Å². The fourth-order valence-corrected chi connectivity index (χ4v) is 4.70. The number of rotatable bonds is 5. The third kappa shape index (κ3) is 7.84. The molecule has 0 aliphatic carbocycles. The van der Waals surface area contributed by atoms with Gasteiger partial charge in [0.15, 0.2) is 0 Å². The zero-order valence-electron chi connectivity index (χ0n) is 16.9. The predicted octanol–water partition coefficient (Wildman–Crippen LogP) is 7.59. The molecule has 5 heteroatoms. The average Bonchev–Trinajstić information content (AvgIpc) is 2.53. The van der Waals surface area contributed by atoms with E-state index in [0.29, 0.717) is 9.87 Å². The Balaban J connectivity index is 2.63. The van der Waals surface area contributed by atoms with Crippen LogP contribution in [0.3, 0.4) is 0 Å². The second-order valence-electron chi connectivity index (χ2n) is 8.50. The first-order valence-corrected chi connectivity index (χ1v) is 14.6. The van der Waals surface area contributed by atoms with Crippen molar-refractivity contribution in [1.82, 2.24) is 0 Å². The molecule has 1 nitrogen and oxygen atoms in total. The molecule has 1 saturated heterocycles. The lowest BCUT2D eigenvalue weighted by atomic mass is 9.99. The molecule has 0 unspecified atom stereocenters. The minimum absolute atomic E-state index is 0.0345. The molecule has 0 aromatic carbocycles. The maximum atomic E-state index is 6.54. The molecule has 1 rings (SSSR count). The molecule has 1 fully saturated rings. The van der Waals surface area contributed by atoms with Crippen molar-refractivity contribution in [3.63, 3.8) is 0 Å². The first kappa shape index (κ1) is 24.5. The second kappa shape index (κ2) is 10.9. The van der Waals surface area contributed by atoms with E-state index in [1.165, 1.54) is 4.48 Å². The van der Waals surface area contributed by atoms with Gasteiger partial charge < -0.3 is 4.74 Å². The van der Waals surface area contributed by atoms with Crippen molar-refractivity contribution in [3.8, 4) is 11.5 Å². The molecule has 1 aliphatic heterocycles. The van der Waals surface area contributed by atoms with E-state index in [4.69, 9.17) is 16.3 Å². The van der Waals surface area contributed by atoms with Crippen LogP contribution in [0, 0.1) is 11.5 Å². The summed E-state index contributed by atoms with van der Waals surface area (Å²) in [6.07, 6.45) is 10.2. The van der Waals surface area contributed by atoms with E-state index < -0.39 is 8.07 Å². The summed E-state index contributed by atoms with van der Waals surface area (Å²) in [6, 6.07) is 0. The van der Waals surface area contributed by atoms with E-state index in [1.54, 1.807) is 0 Å². The molecule has 4 atom stereocenters. The third-order valence-electron chi connectivity index (χ3n) is 5.35. The number of hydrogen-bond donors (Lipinski definition) is 0. The number of hydrogen-bond acceptors (Lipinski definition) is 1. The van der Waals surface area contributed by atoms with E-state index >= 15 is 0 Å². The molecule has 1 aliphatic rings. The normalized spacial score (nSPS) is 28.1. The van der Waals surface area contributed by atoms with Crippen LogP contribution >= 0.6 is 43.5 Å². The van der Waals surface area contributed by atoms with Crippen LogP contribution in [-0.2, 0) is 4.74 Å². The molecule has 0 N–H and O–H groups in total. The maximum Gasteiger partial charge on any atom is 0.138 e. The van der Waals surface area contributed by atoms with Gasteiger partial charge in [-0.3, -0.25) is 0 Å². The van der Waals surface area contributed by atoms with Gasteiger partial charge in [0.2, 0.25) is 0 Å². The topological polar surface area (TPSA) is 9.23 Å². The Morgan fingerprint density at radius 2 is 1.92 bits per heavy atom. The van der Waals surface area contributed by atoms with Crippen LogP contribution in [0.25, 0.3) is 0 Å². The lowest BCUT2D eigenvalue weighted by molar-refractivity contribution is -0.0370. The Morgan fingerprint density at radius 1 is 1.27 bits per heavy atom. The summed E-state index contributed by atoms with van der Waals surface area (Å²) < 4.78 is 7.50. The van der Waals surface area contributed by atoms with Crippen LogP contribution in [-0.4, -0.2) is 30.5 Å². The zero-order valence-corrected chi connectivity index (χ0v) is 21.8. The molecule has 148 valence electrons. The van der Waals surface area contributed by atoms with Crippen molar-refractivity contribution in [1.29, 1.82) is 0 Å². The largest absolute Gasteiger partial charge is 0.372 e. The van der Waals surface area contributed by atoms with Gasteiger partial charge in [0.25, 0.3) is 0 Å². The van der Waals surface area contributed by atoms with Gasteiger partial charge in [-0.25, -0.2) is 0 Å². The van der Waals surface area contributed by atoms with Gasteiger partial charge in [-0.2, -0.15) is 0 Å². The Kier molecular flexibility index (Phi) is 10.2. The van der Waals surface area contributed by atoms with E-state index in [1.807, 2.05) is 6.08 Å². The number of allylic oxidation sites excluding steroid dienone is 2. The smallest absolute Gasteiger partial charge is 0.138 e. The quantitative estimate of drug-likeness (QED) is 0.204. The lowest BCUT2D eigenvalue weighted by Crippen LogP contribution is -2.42. The van der Waals surface area contributed by atoms with Gasteiger partial charge in [-0.1, -0.05) is 90.7 Å². The summed E-state index contributed by atoms with van der Waals surface area (Å²) in [6.45, 7) is 13.7. The van der Waals surface area contributed by atoms with Crippen molar-refractivity contribution in [2.75, 3.05) is 0 Å². The molecule has 0 saturated carbocycles. The Hall–Kier alpha value is 0.467. The number of halogens is 3. The summed E-state index contributed by atoms with van der Waals surface area (Å²) in [7, 11) is -1.54. The highest BCUT2D eigenvalue weighted by Gasteiger charge is 2.35. The summed E-state index contributed by atoms with van der Waals surface area (Å²) in [5.41, 5.74) is 3.51. The van der Waals surface area contributed by atoms with Crippen LogP contribution in [0.2, 0.25) is 18.1 Å². The van der Waals surface area contributed by atoms with Gasteiger partial charge in [0.1, 0.15) is 8.07 Å². The van der Waals surface area contributed by atoms with Crippen LogP contribution in [0.15, 0.2) is 22.7 Å². The van der Waals surface area contributed by atoms with E-state index in [0.717, 1.165) is 25.7 Å². The number of alkyl halides is 2. The van der Waals surface area contributed by atoms with Gasteiger partial charge in [-0.05, 0) is 41.3 Å². The standard InChI is InChI=1S/C21H33Br2ClOSi/c1-7-16(22)12-13-19-17(23)15-18(24)20(25-19)11-9-8-10-14-26(5,6)21(2,3)4/h8-9,12,17-20H,7,11,13,15H2,1-6H3/b9-8+,16-12-/t17-,18+,19-,20+/m1/s1. The minimum Gasteiger partial charge on any atom is -0.372 e. The minimum atomic E-state index is -1.54. The molecule has 0 amide bonds. The molecule has 0 aromatic heterocycles. The fourth-order valence-electron chi connectivity index (χ4n) is 2.38. The highest BCUT2D eigenvalue weighted by atomic mass is 79.9. The van der Waals surface area contributed by atoms with Crippen molar-refractivity contribution < 1.29 is 4.74 Å². The summed E-state index contributed by atoms with van der Waals surface area (Å²) in [5.74, 6) is 3.26.